The highest BCUT2D eigenvalue weighted by atomic mass is 35.5. The fourth-order valence-corrected chi connectivity index (χ4v) is 2.13. The summed E-state index contributed by atoms with van der Waals surface area (Å²) in [4.78, 5) is 18.0. The third-order valence-corrected chi connectivity index (χ3v) is 3.08. The molecule has 0 aromatic carbocycles. The van der Waals surface area contributed by atoms with E-state index in [-0.39, 0.29) is 5.91 Å². The van der Waals surface area contributed by atoms with Crippen molar-refractivity contribution in [1.82, 2.24) is 9.88 Å². The Bertz CT molecular complexity index is 415. The van der Waals surface area contributed by atoms with Gasteiger partial charge >= 0.3 is 0 Å². The Kier molecular flexibility index (Phi) is 1.59. The lowest BCUT2D eigenvalue weighted by Crippen LogP contribution is -2.26. The zero-order valence-corrected chi connectivity index (χ0v) is 8.29. The number of hydrogen-bond acceptors (Lipinski definition) is 2. The molecule has 0 bridgehead atoms. The van der Waals surface area contributed by atoms with Crippen molar-refractivity contribution in [1.29, 1.82) is 0 Å². The number of halogens is 1. The van der Waals surface area contributed by atoms with Gasteiger partial charge in [0, 0.05) is 12.2 Å². The first-order chi connectivity index (χ1) is 6.77. The van der Waals surface area contributed by atoms with Crippen molar-refractivity contribution < 1.29 is 4.79 Å². The summed E-state index contributed by atoms with van der Waals surface area (Å²) in [6.45, 7) is 0.638. The van der Waals surface area contributed by atoms with Crippen molar-refractivity contribution in [2.45, 2.75) is 25.4 Å². The Hall–Kier alpha value is -1.09. The molecule has 4 heteroatoms. The van der Waals surface area contributed by atoms with Crippen molar-refractivity contribution in [3.63, 3.8) is 0 Å². The van der Waals surface area contributed by atoms with Crippen LogP contribution in [0.15, 0.2) is 12.3 Å². The lowest BCUT2D eigenvalue weighted by Gasteiger charge is -2.12. The Morgan fingerprint density at radius 2 is 2.29 bits per heavy atom. The molecule has 1 aromatic heterocycles. The molecule has 3 nitrogen and oxygen atoms in total. The van der Waals surface area contributed by atoms with Crippen LogP contribution in [0, 0.1) is 0 Å². The van der Waals surface area contributed by atoms with Crippen molar-refractivity contribution in [3.8, 4) is 0 Å². The van der Waals surface area contributed by atoms with Crippen molar-refractivity contribution >= 4 is 17.5 Å². The number of pyridine rings is 1. The van der Waals surface area contributed by atoms with Gasteiger partial charge in [-0.1, -0.05) is 11.6 Å². The van der Waals surface area contributed by atoms with Gasteiger partial charge in [0.1, 0.15) is 0 Å². The Morgan fingerprint density at radius 3 is 2.93 bits per heavy atom. The van der Waals surface area contributed by atoms with Gasteiger partial charge in [-0.25, -0.2) is 0 Å². The summed E-state index contributed by atoms with van der Waals surface area (Å²) in [7, 11) is 0. The van der Waals surface area contributed by atoms with E-state index in [1.807, 2.05) is 4.90 Å². The molecule has 1 amide bonds. The second-order valence-corrected chi connectivity index (χ2v) is 4.19. The Morgan fingerprint density at radius 1 is 1.50 bits per heavy atom. The van der Waals surface area contributed by atoms with E-state index in [2.05, 4.69) is 4.98 Å². The third kappa shape index (κ3) is 1.05. The van der Waals surface area contributed by atoms with E-state index in [4.69, 9.17) is 11.6 Å². The molecule has 1 fully saturated rings. The number of fused-ring (bicyclic) bond motifs is 1. The number of aromatic nitrogens is 1. The zero-order chi connectivity index (χ0) is 9.71. The minimum absolute atomic E-state index is 0.0561. The van der Waals surface area contributed by atoms with Crippen molar-refractivity contribution in [3.05, 3.63) is 28.5 Å². The van der Waals surface area contributed by atoms with Crippen LogP contribution in [0.5, 0.6) is 0 Å². The van der Waals surface area contributed by atoms with Crippen LogP contribution in [0.25, 0.3) is 0 Å². The van der Waals surface area contributed by atoms with E-state index in [0.717, 1.165) is 18.5 Å². The highest BCUT2D eigenvalue weighted by Crippen LogP contribution is 2.35. The second kappa shape index (κ2) is 2.70. The molecule has 0 unspecified atom stereocenters. The lowest BCUT2D eigenvalue weighted by atomic mass is 10.2. The van der Waals surface area contributed by atoms with Gasteiger partial charge in [-0.3, -0.25) is 9.78 Å². The molecule has 0 N–H and O–H groups in total. The van der Waals surface area contributed by atoms with Gasteiger partial charge < -0.3 is 4.90 Å². The molecule has 2 aliphatic rings. The lowest BCUT2D eigenvalue weighted by molar-refractivity contribution is 0.0766. The molecule has 3 rings (SSSR count). The molecule has 0 atom stereocenters. The van der Waals surface area contributed by atoms with E-state index in [0.29, 0.717) is 23.2 Å². The van der Waals surface area contributed by atoms with Gasteiger partial charge in [0.15, 0.2) is 0 Å². The molecule has 0 saturated heterocycles. The van der Waals surface area contributed by atoms with E-state index in [9.17, 15) is 4.79 Å². The molecule has 14 heavy (non-hydrogen) atoms. The third-order valence-electron chi connectivity index (χ3n) is 2.76. The highest BCUT2D eigenvalue weighted by molar-refractivity contribution is 6.34. The van der Waals surface area contributed by atoms with Gasteiger partial charge in [-0.15, -0.1) is 0 Å². The maximum absolute atomic E-state index is 11.9. The molecule has 1 aliphatic carbocycles. The summed E-state index contributed by atoms with van der Waals surface area (Å²) in [6, 6.07) is 2.11. The van der Waals surface area contributed by atoms with Crippen molar-refractivity contribution in [2.75, 3.05) is 0 Å². The summed E-state index contributed by atoms with van der Waals surface area (Å²) in [5.74, 6) is 0.0561. The first-order valence-corrected chi connectivity index (χ1v) is 5.09. The average Bonchev–Trinajstić information content (AvgIpc) is 2.93. The van der Waals surface area contributed by atoms with Crippen LogP contribution in [-0.2, 0) is 6.54 Å². The summed E-state index contributed by atoms with van der Waals surface area (Å²) in [5.41, 5.74) is 1.44. The Balaban J connectivity index is 2.06. The first-order valence-electron chi connectivity index (χ1n) is 4.72. The van der Waals surface area contributed by atoms with Gasteiger partial charge in [0.2, 0.25) is 0 Å². The second-order valence-electron chi connectivity index (χ2n) is 3.78. The van der Waals surface area contributed by atoms with Gasteiger partial charge in [0.25, 0.3) is 5.91 Å². The SMILES string of the molecule is O=C1c2c(Cl)ccnc2CN1C1CC1. The molecule has 0 spiro atoms. The number of amides is 1. The number of rotatable bonds is 1. The quantitative estimate of drug-likeness (QED) is 0.706. The monoisotopic (exact) mass is 208 g/mol. The van der Waals surface area contributed by atoms with Crippen LogP contribution in [0.2, 0.25) is 5.02 Å². The molecule has 1 aromatic rings. The average molecular weight is 209 g/mol. The fraction of sp³-hybridized carbons (Fsp3) is 0.400. The smallest absolute Gasteiger partial charge is 0.257 e. The normalized spacial score (nSPS) is 20.1. The largest absolute Gasteiger partial charge is 0.330 e. The Labute approximate surface area is 86.7 Å². The molecule has 72 valence electrons. The van der Waals surface area contributed by atoms with E-state index >= 15 is 0 Å². The molecular formula is C10H9ClN2O. The van der Waals surface area contributed by atoms with Crippen LogP contribution >= 0.6 is 11.6 Å². The molecule has 1 saturated carbocycles. The minimum atomic E-state index is 0.0561. The zero-order valence-electron chi connectivity index (χ0n) is 7.53. The maximum Gasteiger partial charge on any atom is 0.257 e. The highest BCUT2D eigenvalue weighted by Gasteiger charge is 2.39. The molecular weight excluding hydrogens is 200 g/mol. The van der Waals surface area contributed by atoms with Gasteiger partial charge in [-0.05, 0) is 18.9 Å². The topological polar surface area (TPSA) is 33.2 Å². The van der Waals surface area contributed by atoms with Gasteiger partial charge in [-0.2, -0.15) is 0 Å². The van der Waals surface area contributed by atoms with Crippen LogP contribution < -0.4 is 0 Å². The van der Waals surface area contributed by atoms with E-state index in [1.54, 1.807) is 12.3 Å². The van der Waals surface area contributed by atoms with Crippen LogP contribution in [0.1, 0.15) is 28.9 Å². The summed E-state index contributed by atoms with van der Waals surface area (Å²) < 4.78 is 0. The van der Waals surface area contributed by atoms with Crippen LogP contribution in [-0.4, -0.2) is 21.8 Å². The summed E-state index contributed by atoms with van der Waals surface area (Å²) in [6.07, 6.45) is 3.90. The summed E-state index contributed by atoms with van der Waals surface area (Å²) in [5, 5.41) is 0.531. The van der Waals surface area contributed by atoms with E-state index in [1.165, 1.54) is 0 Å². The molecule has 0 radical (unpaired) electrons. The van der Waals surface area contributed by atoms with Crippen molar-refractivity contribution in [2.24, 2.45) is 0 Å². The predicted octanol–water partition coefficient (Wildman–Crippen LogP) is 1.85. The number of carbonyl (C=O) groups excluding carboxylic acids is 1. The maximum atomic E-state index is 11.9. The molecule has 1 aliphatic heterocycles. The summed E-state index contributed by atoms with van der Waals surface area (Å²) >= 11 is 5.97. The minimum Gasteiger partial charge on any atom is -0.330 e. The first kappa shape index (κ1) is 8.24. The van der Waals surface area contributed by atoms with E-state index < -0.39 is 0 Å². The number of nitrogens with zero attached hydrogens (tertiary/aromatic N) is 2. The standard InChI is InChI=1S/C10H9ClN2O/c11-7-3-4-12-8-5-13(6-1-2-6)10(14)9(7)8/h3-4,6H,1-2,5H2. The van der Waals surface area contributed by atoms with Crippen LogP contribution in [0.4, 0.5) is 0 Å². The molecule has 2 heterocycles. The fourth-order valence-electron chi connectivity index (χ4n) is 1.88. The van der Waals surface area contributed by atoms with Crippen LogP contribution in [0.3, 0.4) is 0 Å². The van der Waals surface area contributed by atoms with Gasteiger partial charge in [0.05, 0.1) is 22.8 Å². The number of carbonyl (C=O) groups is 1. The number of hydrogen-bond donors (Lipinski definition) is 0. The predicted molar refractivity (Wildman–Crippen MR) is 52.1 cm³/mol.